The summed E-state index contributed by atoms with van der Waals surface area (Å²) in [5.41, 5.74) is 0.716. The summed E-state index contributed by atoms with van der Waals surface area (Å²) in [5.74, 6) is 0.325. The zero-order chi connectivity index (χ0) is 14.5. The number of halogens is 1. The first kappa shape index (κ1) is 16.2. The van der Waals surface area contributed by atoms with Gasteiger partial charge in [-0.3, -0.25) is 0 Å². The van der Waals surface area contributed by atoms with Crippen molar-refractivity contribution >= 4 is 21.6 Å². The smallest absolute Gasteiger partial charge is 0.244 e. The van der Waals surface area contributed by atoms with E-state index < -0.39 is 10.0 Å². The number of ether oxygens (including phenoxy) is 1. The first-order chi connectivity index (χ1) is 8.96. The molecule has 19 heavy (non-hydrogen) atoms. The van der Waals surface area contributed by atoms with E-state index in [9.17, 15) is 8.42 Å². The molecule has 0 heterocycles. The molecule has 108 valence electrons. The van der Waals surface area contributed by atoms with Crippen LogP contribution in [0.1, 0.15) is 19.4 Å². The van der Waals surface area contributed by atoms with Crippen LogP contribution in [-0.4, -0.2) is 28.6 Å². The molecule has 0 amide bonds. The third kappa shape index (κ3) is 4.07. The highest BCUT2D eigenvalue weighted by molar-refractivity contribution is 7.89. The van der Waals surface area contributed by atoms with Gasteiger partial charge in [0.1, 0.15) is 10.6 Å². The number of nitrogens with one attached hydrogen (secondary N) is 2. The highest BCUT2D eigenvalue weighted by Crippen LogP contribution is 2.31. The molecule has 0 saturated carbocycles. The lowest BCUT2D eigenvalue weighted by molar-refractivity contribution is 0.395. The molecule has 2 N–H and O–H groups in total. The SMILES string of the molecule is CCNCc1cc(Cl)cc(S(=O)(=O)NCC)c1OC. The molecule has 0 aliphatic carbocycles. The molecule has 0 fully saturated rings. The van der Waals surface area contributed by atoms with Gasteiger partial charge in [-0.2, -0.15) is 0 Å². The molecule has 0 aromatic heterocycles. The Balaban J connectivity index is 3.34. The van der Waals surface area contributed by atoms with E-state index in [0.29, 0.717) is 29.4 Å². The van der Waals surface area contributed by atoms with Crippen LogP contribution in [0.2, 0.25) is 5.02 Å². The largest absolute Gasteiger partial charge is 0.495 e. The lowest BCUT2D eigenvalue weighted by atomic mass is 10.2. The van der Waals surface area contributed by atoms with E-state index in [2.05, 4.69) is 10.0 Å². The molecule has 5 nitrogen and oxygen atoms in total. The molecule has 1 aromatic rings. The van der Waals surface area contributed by atoms with Gasteiger partial charge in [-0.1, -0.05) is 25.4 Å². The summed E-state index contributed by atoms with van der Waals surface area (Å²) in [6, 6.07) is 3.10. The van der Waals surface area contributed by atoms with Gasteiger partial charge < -0.3 is 10.1 Å². The standard InChI is InChI=1S/C12H19ClN2O3S/c1-4-14-8-9-6-10(13)7-11(12(9)18-3)19(16,17)15-5-2/h6-7,14-15H,4-5,8H2,1-3H3. The van der Waals surface area contributed by atoms with Gasteiger partial charge in [0, 0.05) is 23.7 Å². The van der Waals surface area contributed by atoms with Gasteiger partial charge in [0.05, 0.1) is 7.11 Å². The molecule has 7 heteroatoms. The minimum absolute atomic E-state index is 0.0669. The molecule has 0 spiro atoms. The van der Waals surface area contributed by atoms with Gasteiger partial charge in [0.15, 0.2) is 0 Å². The minimum Gasteiger partial charge on any atom is -0.495 e. The van der Waals surface area contributed by atoms with Crippen LogP contribution in [0.3, 0.4) is 0 Å². The normalized spacial score (nSPS) is 11.6. The maximum absolute atomic E-state index is 12.1. The Morgan fingerprint density at radius 2 is 1.95 bits per heavy atom. The number of hydrogen-bond acceptors (Lipinski definition) is 4. The third-order valence-electron chi connectivity index (χ3n) is 2.49. The quantitative estimate of drug-likeness (QED) is 0.805. The summed E-state index contributed by atoms with van der Waals surface area (Å²) in [6.45, 7) is 5.25. The molecule has 0 aliphatic rings. The fraction of sp³-hybridized carbons (Fsp3) is 0.500. The Morgan fingerprint density at radius 3 is 2.47 bits per heavy atom. The molecule has 0 atom stereocenters. The average Bonchev–Trinajstić information content (AvgIpc) is 2.35. The fourth-order valence-electron chi connectivity index (χ4n) is 1.71. The average molecular weight is 307 g/mol. The zero-order valence-corrected chi connectivity index (χ0v) is 12.9. The van der Waals surface area contributed by atoms with E-state index in [0.717, 1.165) is 6.54 Å². The van der Waals surface area contributed by atoms with E-state index in [4.69, 9.17) is 16.3 Å². The Bertz CT molecular complexity index is 532. The van der Waals surface area contributed by atoms with Crippen molar-refractivity contribution in [2.45, 2.75) is 25.3 Å². The van der Waals surface area contributed by atoms with Crippen molar-refractivity contribution in [2.24, 2.45) is 0 Å². The van der Waals surface area contributed by atoms with Crippen LogP contribution < -0.4 is 14.8 Å². The van der Waals surface area contributed by atoms with Crippen LogP contribution in [0.5, 0.6) is 5.75 Å². The Labute approximate surface area is 119 Å². The topological polar surface area (TPSA) is 67.4 Å². The van der Waals surface area contributed by atoms with Crippen molar-refractivity contribution in [3.05, 3.63) is 22.7 Å². The van der Waals surface area contributed by atoms with Gasteiger partial charge in [0.2, 0.25) is 10.0 Å². The maximum atomic E-state index is 12.1. The Kier molecular flexibility index (Phi) is 6.06. The van der Waals surface area contributed by atoms with Crippen LogP contribution in [0.25, 0.3) is 0 Å². The van der Waals surface area contributed by atoms with E-state index in [-0.39, 0.29) is 4.90 Å². The Hall–Kier alpha value is -0.820. The second kappa shape index (κ2) is 7.09. The molecule has 0 radical (unpaired) electrons. The second-order valence-corrected chi connectivity index (χ2v) is 6.05. The number of sulfonamides is 1. The van der Waals surface area contributed by atoms with Gasteiger partial charge in [-0.25, -0.2) is 13.1 Å². The van der Waals surface area contributed by atoms with Crippen molar-refractivity contribution in [2.75, 3.05) is 20.2 Å². The molecule has 1 rings (SSSR count). The van der Waals surface area contributed by atoms with Gasteiger partial charge in [-0.15, -0.1) is 0 Å². The molecular formula is C12H19ClN2O3S. The summed E-state index contributed by atoms with van der Waals surface area (Å²) in [6.07, 6.45) is 0. The predicted molar refractivity (Wildman–Crippen MR) is 76.2 cm³/mol. The number of rotatable bonds is 7. The van der Waals surface area contributed by atoms with Crippen molar-refractivity contribution in [3.63, 3.8) is 0 Å². The number of benzene rings is 1. The van der Waals surface area contributed by atoms with Gasteiger partial charge >= 0.3 is 0 Å². The summed E-state index contributed by atoms with van der Waals surface area (Å²) < 4.78 is 31.9. The summed E-state index contributed by atoms with van der Waals surface area (Å²) in [4.78, 5) is 0.0669. The highest BCUT2D eigenvalue weighted by atomic mass is 35.5. The summed E-state index contributed by atoms with van der Waals surface area (Å²) in [5, 5.41) is 3.49. The van der Waals surface area contributed by atoms with Gasteiger partial charge in [0.25, 0.3) is 0 Å². The van der Waals surface area contributed by atoms with Crippen LogP contribution in [0, 0.1) is 0 Å². The van der Waals surface area contributed by atoms with Crippen molar-refractivity contribution < 1.29 is 13.2 Å². The maximum Gasteiger partial charge on any atom is 0.244 e. The van der Waals surface area contributed by atoms with Gasteiger partial charge in [-0.05, 0) is 18.7 Å². The first-order valence-corrected chi connectivity index (χ1v) is 7.89. The molecule has 1 aromatic carbocycles. The lowest BCUT2D eigenvalue weighted by Gasteiger charge is -2.15. The van der Waals surface area contributed by atoms with E-state index in [1.165, 1.54) is 13.2 Å². The van der Waals surface area contributed by atoms with Crippen molar-refractivity contribution in [3.8, 4) is 5.75 Å². The highest BCUT2D eigenvalue weighted by Gasteiger charge is 2.22. The molecule has 0 unspecified atom stereocenters. The van der Waals surface area contributed by atoms with Crippen LogP contribution in [0.15, 0.2) is 17.0 Å². The first-order valence-electron chi connectivity index (χ1n) is 6.03. The summed E-state index contributed by atoms with van der Waals surface area (Å²) >= 11 is 5.99. The molecule has 0 saturated heterocycles. The molecule has 0 bridgehead atoms. The predicted octanol–water partition coefficient (Wildman–Crippen LogP) is 1.76. The van der Waals surface area contributed by atoms with E-state index >= 15 is 0 Å². The number of hydrogen-bond donors (Lipinski definition) is 2. The third-order valence-corrected chi connectivity index (χ3v) is 4.26. The minimum atomic E-state index is -3.61. The van der Waals surface area contributed by atoms with E-state index in [1.54, 1.807) is 13.0 Å². The van der Waals surface area contributed by atoms with Crippen LogP contribution in [0.4, 0.5) is 0 Å². The Morgan fingerprint density at radius 1 is 1.26 bits per heavy atom. The molecular weight excluding hydrogens is 288 g/mol. The number of methoxy groups -OCH3 is 1. The van der Waals surface area contributed by atoms with Crippen molar-refractivity contribution in [1.82, 2.24) is 10.0 Å². The summed E-state index contributed by atoms with van der Waals surface area (Å²) in [7, 11) is -2.16. The lowest BCUT2D eigenvalue weighted by Crippen LogP contribution is -2.24. The van der Waals surface area contributed by atoms with Crippen molar-refractivity contribution in [1.29, 1.82) is 0 Å². The fourth-order valence-corrected chi connectivity index (χ4v) is 3.29. The molecule has 0 aliphatic heterocycles. The zero-order valence-electron chi connectivity index (χ0n) is 11.3. The van der Waals surface area contributed by atoms with Crippen LogP contribution in [-0.2, 0) is 16.6 Å². The van der Waals surface area contributed by atoms with Crippen LogP contribution >= 0.6 is 11.6 Å². The van der Waals surface area contributed by atoms with E-state index in [1.807, 2.05) is 6.92 Å². The monoisotopic (exact) mass is 306 g/mol. The second-order valence-electron chi connectivity index (χ2n) is 3.88.